The molecular formula is C27H32N4O2. The van der Waals surface area contributed by atoms with Gasteiger partial charge in [-0.05, 0) is 47.5 Å². The number of hydrogen-bond donors (Lipinski definition) is 2. The summed E-state index contributed by atoms with van der Waals surface area (Å²) in [4.78, 5) is 29.5. The first-order valence-electron chi connectivity index (χ1n) is 11.6. The molecule has 2 amide bonds. The van der Waals surface area contributed by atoms with Crippen LogP contribution in [-0.4, -0.2) is 67.9 Å². The van der Waals surface area contributed by atoms with Crippen molar-refractivity contribution in [3.63, 3.8) is 0 Å². The Bertz CT molecular complexity index is 1080. The monoisotopic (exact) mass is 444 g/mol. The van der Waals surface area contributed by atoms with Crippen LogP contribution in [0.3, 0.4) is 0 Å². The Labute approximate surface area is 195 Å². The molecule has 0 bridgehead atoms. The Hall–Kier alpha value is -3.22. The van der Waals surface area contributed by atoms with Crippen molar-refractivity contribution < 1.29 is 9.59 Å². The summed E-state index contributed by atoms with van der Waals surface area (Å²) in [7, 11) is 2.17. The lowest BCUT2D eigenvalue weighted by Gasteiger charge is -2.32. The molecule has 1 saturated heterocycles. The minimum absolute atomic E-state index is 0.0469. The number of likely N-dealkylation sites (N-methyl/N-ethyl adjacent to an activating group) is 1. The first kappa shape index (κ1) is 23.0. The van der Waals surface area contributed by atoms with Crippen LogP contribution in [0.25, 0.3) is 10.8 Å². The molecule has 6 heteroatoms. The van der Waals surface area contributed by atoms with Gasteiger partial charge in [-0.25, -0.2) is 0 Å². The van der Waals surface area contributed by atoms with Crippen LogP contribution in [0, 0.1) is 0 Å². The predicted molar refractivity (Wildman–Crippen MR) is 133 cm³/mol. The third kappa shape index (κ3) is 6.63. The van der Waals surface area contributed by atoms with Crippen LogP contribution in [0.15, 0.2) is 66.7 Å². The Morgan fingerprint density at radius 1 is 0.848 bits per heavy atom. The van der Waals surface area contributed by atoms with E-state index in [0.29, 0.717) is 0 Å². The highest BCUT2D eigenvalue weighted by atomic mass is 16.2. The highest BCUT2D eigenvalue weighted by Crippen LogP contribution is 2.18. The molecule has 6 nitrogen and oxygen atoms in total. The van der Waals surface area contributed by atoms with E-state index in [1.165, 1.54) is 5.56 Å². The molecule has 0 aliphatic carbocycles. The highest BCUT2D eigenvalue weighted by molar-refractivity contribution is 5.95. The number of anilines is 1. The van der Waals surface area contributed by atoms with E-state index in [4.69, 9.17) is 0 Å². The van der Waals surface area contributed by atoms with Crippen molar-refractivity contribution in [2.45, 2.75) is 12.8 Å². The summed E-state index contributed by atoms with van der Waals surface area (Å²) >= 11 is 0. The van der Waals surface area contributed by atoms with Crippen LogP contribution in [0.5, 0.6) is 0 Å². The van der Waals surface area contributed by atoms with Gasteiger partial charge >= 0.3 is 0 Å². The molecule has 0 saturated carbocycles. The molecule has 172 valence electrons. The predicted octanol–water partition coefficient (Wildman–Crippen LogP) is 2.93. The van der Waals surface area contributed by atoms with E-state index in [2.05, 4.69) is 39.6 Å². The molecular weight excluding hydrogens is 412 g/mol. The zero-order valence-electron chi connectivity index (χ0n) is 19.2. The van der Waals surface area contributed by atoms with E-state index in [1.807, 2.05) is 54.6 Å². The van der Waals surface area contributed by atoms with E-state index in [9.17, 15) is 9.59 Å². The molecule has 4 rings (SSSR count). The molecule has 0 radical (unpaired) electrons. The van der Waals surface area contributed by atoms with E-state index < -0.39 is 0 Å². The molecule has 0 spiro atoms. The van der Waals surface area contributed by atoms with Gasteiger partial charge in [-0.15, -0.1) is 0 Å². The van der Waals surface area contributed by atoms with Gasteiger partial charge in [0.2, 0.25) is 11.8 Å². The van der Waals surface area contributed by atoms with Gasteiger partial charge in [0.15, 0.2) is 0 Å². The van der Waals surface area contributed by atoms with Crippen molar-refractivity contribution in [1.29, 1.82) is 0 Å². The zero-order valence-corrected chi connectivity index (χ0v) is 19.2. The lowest BCUT2D eigenvalue weighted by molar-refractivity contribution is -0.123. The Morgan fingerprint density at radius 2 is 1.58 bits per heavy atom. The molecule has 3 aromatic carbocycles. The molecule has 1 fully saturated rings. The van der Waals surface area contributed by atoms with Crippen molar-refractivity contribution in [2.75, 3.05) is 51.6 Å². The van der Waals surface area contributed by atoms with Crippen molar-refractivity contribution in [3.8, 4) is 0 Å². The van der Waals surface area contributed by atoms with Gasteiger partial charge in [0.25, 0.3) is 0 Å². The molecule has 3 aromatic rings. The number of rotatable bonds is 8. The highest BCUT2D eigenvalue weighted by Gasteiger charge is 2.13. The summed E-state index contributed by atoms with van der Waals surface area (Å²) in [5.41, 5.74) is 2.96. The van der Waals surface area contributed by atoms with Crippen LogP contribution in [-0.2, 0) is 22.4 Å². The number of nitrogens with zero attached hydrogens (tertiary/aromatic N) is 2. The van der Waals surface area contributed by atoms with E-state index >= 15 is 0 Å². The fourth-order valence-electron chi connectivity index (χ4n) is 4.18. The van der Waals surface area contributed by atoms with Crippen LogP contribution in [0.1, 0.15) is 11.1 Å². The second-order valence-electron chi connectivity index (χ2n) is 8.73. The number of benzene rings is 3. The van der Waals surface area contributed by atoms with Crippen molar-refractivity contribution in [1.82, 2.24) is 15.1 Å². The average Bonchev–Trinajstić information content (AvgIpc) is 2.84. The summed E-state index contributed by atoms with van der Waals surface area (Å²) in [6.07, 6.45) is 1.25. The molecule has 33 heavy (non-hydrogen) atoms. The van der Waals surface area contributed by atoms with E-state index in [1.54, 1.807) is 0 Å². The molecule has 1 heterocycles. The van der Waals surface area contributed by atoms with Gasteiger partial charge < -0.3 is 20.4 Å². The minimum Gasteiger partial charge on any atom is -0.347 e. The topological polar surface area (TPSA) is 64.7 Å². The first-order valence-corrected chi connectivity index (χ1v) is 11.6. The largest absolute Gasteiger partial charge is 0.347 e. The average molecular weight is 445 g/mol. The molecule has 1 aliphatic heterocycles. The summed E-state index contributed by atoms with van der Waals surface area (Å²) in [5, 5.41) is 7.75. The minimum atomic E-state index is -0.230. The molecule has 1 aliphatic rings. The quantitative estimate of drug-likeness (QED) is 0.561. The van der Waals surface area contributed by atoms with Crippen LogP contribution >= 0.6 is 0 Å². The van der Waals surface area contributed by atoms with Crippen LogP contribution in [0.2, 0.25) is 0 Å². The maximum Gasteiger partial charge on any atom is 0.243 e. The fourth-order valence-corrected chi connectivity index (χ4v) is 4.18. The maximum atomic E-state index is 12.4. The van der Waals surface area contributed by atoms with Gasteiger partial charge in [-0.1, -0.05) is 54.6 Å². The molecule has 2 N–H and O–H groups in total. The van der Waals surface area contributed by atoms with Crippen molar-refractivity contribution in [3.05, 3.63) is 77.9 Å². The Balaban J connectivity index is 1.20. The number of amides is 2. The van der Waals surface area contributed by atoms with Crippen LogP contribution in [0.4, 0.5) is 5.69 Å². The Morgan fingerprint density at radius 3 is 2.36 bits per heavy atom. The number of piperazine rings is 1. The smallest absolute Gasteiger partial charge is 0.243 e. The summed E-state index contributed by atoms with van der Waals surface area (Å²) in [6, 6.07) is 21.9. The second kappa shape index (κ2) is 11.1. The fraction of sp³-hybridized carbons (Fsp3) is 0.333. The lowest BCUT2D eigenvalue weighted by Crippen LogP contribution is -2.45. The molecule has 0 aromatic heterocycles. The standard InChI is InChI=1S/C27H32N4O2/c1-30-15-17-31(18-16-30)14-13-21-9-11-24(12-10-21)29-27(33)20-28-26(32)19-23-7-4-6-22-5-2-3-8-25(22)23/h2-12H,13-20H2,1H3,(H,28,32)(H,29,33). The summed E-state index contributed by atoms with van der Waals surface area (Å²) in [5.74, 6) is -0.396. The third-order valence-electron chi connectivity index (χ3n) is 6.23. The summed E-state index contributed by atoms with van der Waals surface area (Å²) < 4.78 is 0. The summed E-state index contributed by atoms with van der Waals surface area (Å²) in [6.45, 7) is 5.51. The van der Waals surface area contributed by atoms with Crippen LogP contribution < -0.4 is 10.6 Å². The third-order valence-corrected chi connectivity index (χ3v) is 6.23. The number of hydrogen-bond acceptors (Lipinski definition) is 4. The number of carbonyl (C=O) groups is 2. The Kier molecular flexibility index (Phi) is 7.70. The van der Waals surface area contributed by atoms with Gasteiger partial charge in [0, 0.05) is 38.4 Å². The second-order valence-corrected chi connectivity index (χ2v) is 8.73. The normalized spacial score (nSPS) is 14.8. The van der Waals surface area contributed by atoms with Gasteiger partial charge in [-0.3, -0.25) is 9.59 Å². The first-order chi connectivity index (χ1) is 16.1. The number of carbonyl (C=O) groups excluding carboxylic acids is 2. The van der Waals surface area contributed by atoms with Gasteiger partial charge in [-0.2, -0.15) is 0 Å². The van der Waals surface area contributed by atoms with Crippen molar-refractivity contribution >= 4 is 28.3 Å². The number of fused-ring (bicyclic) bond motifs is 1. The molecule has 0 atom stereocenters. The number of nitrogens with one attached hydrogen (secondary N) is 2. The maximum absolute atomic E-state index is 12.4. The zero-order chi connectivity index (χ0) is 23.0. The lowest BCUT2D eigenvalue weighted by atomic mass is 10.0. The van der Waals surface area contributed by atoms with Gasteiger partial charge in [0.1, 0.15) is 0 Å². The van der Waals surface area contributed by atoms with E-state index in [-0.39, 0.29) is 24.8 Å². The van der Waals surface area contributed by atoms with Crippen molar-refractivity contribution in [2.24, 2.45) is 0 Å². The molecule has 0 unspecified atom stereocenters. The van der Waals surface area contributed by atoms with Gasteiger partial charge in [0.05, 0.1) is 13.0 Å². The van der Waals surface area contributed by atoms with E-state index in [0.717, 1.165) is 61.2 Å². The SMILES string of the molecule is CN1CCN(CCc2ccc(NC(=O)CNC(=O)Cc3cccc4ccccc34)cc2)CC1.